The van der Waals surface area contributed by atoms with Gasteiger partial charge >= 0.3 is 5.97 Å². The fraction of sp³-hybridized carbons (Fsp3) is 0.333. The van der Waals surface area contributed by atoms with Gasteiger partial charge in [0.25, 0.3) is 5.56 Å². The molecule has 5 rings (SSSR count). The van der Waals surface area contributed by atoms with Crippen LogP contribution in [0.25, 0.3) is 16.8 Å². The number of hydrogen-bond acceptors (Lipinski definition) is 6. The van der Waals surface area contributed by atoms with E-state index in [0.29, 0.717) is 61.4 Å². The van der Waals surface area contributed by atoms with Crippen LogP contribution in [0.15, 0.2) is 90.0 Å². The Kier molecular flexibility index (Phi) is 11.7. The van der Waals surface area contributed by atoms with Gasteiger partial charge < -0.3 is 19.5 Å². The summed E-state index contributed by atoms with van der Waals surface area (Å²) in [6.45, 7) is 6.92. The van der Waals surface area contributed by atoms with E-state index in [-0.39, 0.29) is 29.9 Å². The summed E-state index contributed by atoms with van der Waals surface area (Å²) in [5.74, 6) is -1.15. The summed E-state index contributed by atoms with van der Waals surface area (Å²) in [6.07, 6.45) is 6.02. The maximum Gasteiger partial charge on any atom is 0.345 e. The molecule has 9 nitrogen and oxygen atoms in total. The van der Waals surface area contributed by atoms with Crippen molar-refractivity contribution in [2.24, 2.45) is 0 Å². The van der Waals surface area contributed by atoms with E-state index in [2.05, 4.69) is 15.2 Å². The molecule has 0 bridgehead atoms. The van der Waals surface area contributed by atoms with Gasteiger partial charge in [0.15, 0.2) is 0 Å². The Labute approximate surface area is 286 Å². The van der Waals surface area contributed by atoms with E-state index in [0.717, 1.165) is 23.2 Å². The predicted molar refractivity (Wildman–Crippen MR) is 190 cm³/mol. The smallest absolute Gasteiger partial charge is 0.345 e. The van der Waals surface area contributed by atoms with Gasteiger partial charge in [0, 0.05) is 66.5 Å². The molecule has 256 valence electrons. The first-order valence-electron chi connectivity index (χ1n) is 16.9. The number of aromatic nitrogens is 3. The van der Waals surface area contributed by atoms with E-state index in [1.807, 2.05) is 76.3 Å². The number of pyridine rings is 1. The molecule has 1 amide bonds. The second kappa shape index (κ2) is 16.3. The number of anilines is 1. The van der Waals surface area contributed by atoms with Crippen LogP contribution in [0.5, 0.6) is 0 Å². The van der Waals surface area contributed by atoms with E-state index in [1.165, 1.54) is 12.3 Å². The van der Waals surface area contributed by atoms with Gasteiger partial charge in [0.05, 0.1) is 6.54 Å². The number of halogens is 1. The fourth-order valence-electron chi connectivity index (χ4n) is 5.89. The van der Waals surface area contributed by atoms with Crippen molar-refractivity contribution in [3.05, 3.63) is 124 Å². The number of hydrogen-bond donors (Lipinski definition) is 1. The SMILES string of the molecule is CCCC(=O)Nc1ccc(-c2cc3n(Cc4ccccc4F)cc(C(=O)OC(CC)CC)c(=O)n3c2CN(C)CCc2ccccn2)cc1. The van der Waals surface area contributed by atoms with Gasteiger partial charge in [-0.25, -0.2) is 9.18 Å². The van der Waals surface area contributed by atoms with Gasteiger partial charge in [-0.1, -0.05) is 57.2 Å². The molecule has 0 radical (unpaired) electrons. The molecule has 3 heterocycles. The molecule has 1 N–H and O–H groups in total. The first-order chi connectivity index (χ1) is 23.7. The highest BCUT2D eigenvalue weighted by molar-refractivity contribution is 5.91. The molecule has 10 heteroatoms. The highest BCUT2D eigenvalue weighted by Gasteiger charge is 2.25. The highest BCUT2D eigenvalue weighted by atomic mass is 19.1. The van der Waals surface area contributed by atoms with Crippen molar-refractivity contribution in [3.8, 4) is 11.1 Å². The highest BCUT2D eigenvalue weighted by Crippen LogP contribution is 2.30. The molecule has 5 aromatic rings. The second-order valence-corrected chi connectivity index (χ2v) is 12.3. The molecule has 3 aromatic heterocycles. The van der Waals surface area contributed by atoms with E-state index in [4.69, 9.17) is 4.74 Å². The van der Waals surface area contributed by atoms with Crippen LogP contribution in [0.4, 0.5) is 10.1 Å². The number of likely N-dealkylation sites (N-methyl/N-ethyl adjacent to an activating group) is 1. The number of carbonyl (C=O) groups is 2. The Morgan fingerprint density at radius 3 is 2.41 bits per heavy atom. The predicted octanol–water partition coefficient (Wildman–Crippen LogP) is 7.11. The van der Waals surface area contributed by atoms with Crippen molar-refractivity contribution in [3.63, 3.8) is 0 Å². The van der Waals surface area contributed by atoms with E-state index < -0.39 is 11.5 Å². The molecule has 0 fully saturated rings. The summed E-state index contributed by atoms with van der Waals surface area (Å²) >= 11 is 0. The van der Waals surface area contributed by atoms with Gasteiger partial charge in [0.2, 0.25) is 5.91 Å². The van der Waals surface area contributed by atoms with Crippen LogP contribution >= 0.6 is 0 Å². The van der Waals surface area contributed by atoms with Gasteiger partial charge in [0.1, 0.15) is 23.1 Å². The first kappa shape index (κ1) is 35.2. The average Bonchev–Trinajstić information content (AvgIpc) is 3.48. The third-order valence-electron chi connectivity index (χ3n) is 8.65. The summed E-state index contributed by atoms with van der Waals surface area (Å²) in [5.41, 5.74) is 4.20. The molecule has 49 heavy (non-hydrogen) atoms. The number of carbonyl (C=O) groups excluding carboxylic acids is 2. The molecule has 0 atom stereocenters. The minimum Gasteiger partial charge on any atom is -0.459 e. The van der Waals surface area contributed by atoms with Gasteiger partial charge in [-0.2, -0.15) is 0 Å². The Bertz CT molecular complexity index is 1950. The first-order valence-corrected chi connectivity index (χ1v) is 16.9. The zero-order valence-corrected chi connectivity index (χ0v) is 28.6. The summed E-state index contributed by atoms with van der Waals surface area (Å²) in [5, 5.41) is 2.92. The zero-order valence-electron chi connectivity index (χ0n) is 28.6. The zero-order chi connectivity index (χ0) is 34.9. The molecular weight excluding hydrogens is 621 g/mol. The van der Waals surface area contributed by atoms with Crippen LogP contribution in [0.3, 0.4) is 0 Å². The van der Waals surface area contributed by atoms with Crippen molar-refractivity contribution in [2.45, 2.75) is 72.1 Å². The number of nitrogens with one attached hydrogen (secondary N) is 1. The molecule has 0 unspecified atom stereocenters. The molecule has 0 saturated heterocycles. The van der Waals surface area contributed by atoms with Crippen molar-refractivity contribution in [1.29, 1.82) is 0 Å². The molecule has 0 aliphatic carbocycles. The monoisotopic (exact) mass is 665 g/mol. The molecule has 0 aliphatic rings. The number of rotatable bonds is 15. The van der Waals surface area contributed by atoms with Crippen LogP contribution in [0, 0.1) is 5.82 Å². The van der Waals surface area contributed by atoms with Gasteiger partial charge in [-0.3, -0.25) is 19.0 Å². The summed E-state index contributed by atoms with van der Waals surface area (Å²) in [6, 6.07) is 21.7. The number of benzene rings is 2. The largest absolute Gasteiger partial charge is 0.459 e. The number of esters is 1. The molecule has 2 aromatic carbocycles. The van der Waals surface area contributed by atoms with Crippen LogP contribution in [-0.2, 0) is 29.0 Å². The van der Waals surface area contributed by atoms with Crippen molar-refractivity contribution >= 4 is 23.2 Å². The van der Waals surface area contributed by atoms with Gasteiger partial charge in [-0.15, -0.1) is 0 Å². The second-order valence-electron chi connectivity index (χ2n) is 12.3. The quantitative estimate of drug-likeness (QED) is 0.120. The third kappa shape index (κ3) is 8.50. The lowest BCUT2D eigenvalue weighted by molar-refractivity contribution is -0.116. The third-order valence-corrected chi connectivity index (χ3v) is 8.65. The standard InChI is InChI=1S/C39H44FN5O4/c1-5-12-36(46)42-30-18-16-27(17-19-30)32-23-37-44(24-28-13-8-9-15-34(28)40)25-33(39(48)49-31(6-2)7-3)38(47)45(37)35(32)26-43(4)22-20-29-14-10-11-21-41-29/h8-11,13-19,21,23,25,31H,5-7,12,20,22,24,26H2,1-4H3,(H,42,46). The summed E-state index contributed by atoms with van der Waals surface area (Å²) in [4.78, 5) is 46.7. The number of nitrogens with zero attached hydrogens (tertiary/aromatic N) is 4. The molecule has 0 spiro atoms. The Morgan fingerprint density at radius 2 is 1.73 bits per heavy atom. The van der Waals surface area contributed by atoms with E-state index >= 15 is 0 Å². The lowest BCUT2D eigenvalue weighted by Crippen LogP contribution is -2.31. The van der Waals surface area contributed by atoms with Crippen molar-refractivity contribution in [2.75, 3.05) is 18.9 Å². The van der Waals surface area contributed by atoms with Crippen LogP contribution < -0.4 is 10.9 Å². The number of fused-ring (bicyclic) bond motifs is 1. The minimum atomic E-state index is -0.709. The fourth-order valence-corrected chi connectivity index (χ4v) is 5.89. The minimum absolute atomic E-state index is 0.0574. The Balaban J connectivity index is 1.66. The molecule has 0 aliphatic heterocycles. The normalized spacial score (nSPS) is 11.4. The van der Waals surface area contributed by atoms with Gasteiger partial charge in [-0.05, 0) is 68.3 Å². The summed E-state index contributed by atoms with van der Waals surface area (Å²) in [7, 11) is 1.97. The summed E-state index contributed by atoms with van der Waals surface area (Å²) < 4.78 is 24.1. The molecular formula is C39H44FN5O4. The van der Waals surface area contributed by atoms with Crippen molar-refractivity contribution < 1.29 is 18.7 Å². The van der Waals surface area contributed by atoms with E-state index in [1.54, 1.807) is 33.4 Å². The van der Waals surface area contributed by atoms with Crippen LogP contribution in [0.2, 0.25) is 0 Å². The lowest BCUT2D eigenvalue weighted by atomic mass is 10.0. The number of ether oxygens (including phenoxy) is 1. The topological polar surface area (TPSA) is 97.9 Å². The van der Waals surface area contributed by atoms with Crippen LogP contribution in [-0.4, -0.2) is 50.4 Å². The maximum atomic E-state index is 15.0. The average molecular weight is 666 g/mol. The van der Waals surface area contributed by atoms with E-state index in [9.17, 15) is 18.8 Å². The Hall–Kier alpha value is -5.09. The maximum absolute atomic E-state index is 15.0. The van der Waals surface area contributed by atoms with Crippen molar-refractivity contribution in [1.82, 2.24) is 18.9 Å². The lowest BCUT2D eigenvalue weighted by Gasteiger charge is -2.19. The molecule has 0 saturated carbocycles. The number of amides is 1. The van der Waals surface area contributed by atoms with Crippen LogP contribution in [0.1, 0.15) is 73.8 Å². The Morgan fingerprint density at radius 1 is 1.00 bits per heavy atom.